The summed E-state index contributed by atoms with van der Waals surface area (Å²) >= 11 is 0. The zero-order valence-corrected chi connectivity index (χ0v) is 15.1. The first-order valence-corrected chi connectivity index (χ1v) is 9.13. The van der Waals surface area contributed by atoms with Gasteiger partial charge in [-0.25, -0.2) is 14.8 Å². The maximum atomic E-state index is 12.9. The molecule has 7 heteroatoms. The number of carbonyl (C=O) groups is 1. The van der Waals surface area contributed by atoms with Crippen LogP contribution in [-0.4, -0.2) is 39.0 Å². The molecule has 0 atom stereocenters. The summed E-state index contributed by atoms with van der Waals surface area (Å²) in [6.07, 6.45) is 9.17. The summed E-state index contributed by atoms with van der Waals surface area (Å²) in [5.74, 6) is 0.00827. The summed E-state index contributed by atoms with van der Waals surface area (Å²) in [5.41, 5.74) is 13.1. The smallest absolute Gasteiger partial charge is 0.329 e. The molecule has 26 heavy (non-hydrogen) atoms. The summed E-state index contributed by atoms with van der Waals surface area (Å²) in [6, 6.07) is 7.75. The average Bonchev–Trinajstić information content (AvgIpc) is 3.13. The third kappa shape index (κ3) is 4.04. The van der Waals surface area contributed by atoms with E-state index in [1.807, 2.05) is 36.1 Å². The molecule has 1 heterocycles. The molecular weight excluding hydrogens is 328 g/mol. The maximum absolute atomic E-state index is 12.9. The number of imidazole rings is 1. The van der Waals surface area contributed by atoms with Gasteiger partial charge in [-0.2, -0.15) is 0 Å². The first kappa shape index (κ1) is 18.0. The molecule has 0 unspecified atom stereocenters. The summed E-state index contributed by atoms with van der Waals surface area (Å²) in [7, 11) is 0. The van der Waals surface area contributed by atoms with E-state index in [9.17, 15) is 4.79 Å². The fourth-order valence-electron chi connectivity index (χ4n) is 3.55. The lowest BCUT2D eigenvalue weighted by Crippen LogP contribution is -2.43. The maximum Gasteiger partial charge on any atom is 0.329 e. The molecular formula is C19H26N6O. The Kier molecular flexibility index (Phi) is 5.55. The van der Waals surface area contributed by atoms with Gasteiger partial charge in [0.1, 0.15) is 6.33 Å². The van der Waals surface area contributed by atoms with Crippen LogP contribution in [0.5, 0.6) is 0 Å². The highest BCUT2D eigenvalue weighted by molar-refractivity contribution is 5.80. The van der Waals surface area contributed by atoms with E-state index in [0.717, 1.165) is 18.4 Å². The van der Waals surface area contributed by atoms with Crippen molar-refractivity contribution in [3.8, 4) is 11.3 Å². The molecule has 1 saturated carbocycles. The summed E-state index contributed by atoms with van der Waals surface area (Å²) < 4.78 is 1.57. The van der Waals surface area contributed by atoms with Crippen molar-refractivity contribution < 1.29 is 4.79 Å². The van der Waals surface area contributed by atoms with Gasteiger partial charge < -0.3 is 16.4 Å². The number of amides is 1. The normalized spacial score (nSPS) is 14.8. The first-order valence-electron chi connectivity index (χ1n) is 9.13. The van der Waals surface area contributed by atoms with E-state index in [4.69, 9.17) is 11.5 Å². The van der Waals surface area contributed by atoms with Gasteiger partial charge in [0.05, 0.1) is 11.4 Å². The number of nitrogens with zero attached hydrogens (tertiary/aromatic N) is 4. The van der Waals surface area contributed by atoms with Gasteiger partial charge in [0.15, 0.2) is 5.96 Å². The monoisotopic (exact) mass is 354 g/mol. The van der Waals surface area contributed by atoms with E-state index < -0.39 is 0 Å². The van der Waals surface area contributed by atoms with Crippen molar-refractivity contribution in [2.75, 3.05) is 6.54 Å². The zero-order valence-electron chi connectivity index (χ0n) is 15.1. The van der Waals surface area contributed by atoms with Crippen LogP contribution in [0.15, 0.2) is 41.8 Å². The highest BCUT2D eigenvalue weighted by atomic mass is 16.2. The Morgan fingerprint density at radius 1 is 1.31 bits per heavy atom. The molecule has 1 aromatic carbocycles. The Bertz CT molecular complexity index is 787. The number of rotatable bonds is 4. The zero-order chi connectivity index (χ0) is 18.5. The standard InChI is InChI=1S/C19H26N6O/c1-2-25(16-9-4-3-5-10-16)19(26)24-12-17(22-13-24)14-7-6-8-15(11-14)23-18(20)21/h6-8,11-13,16H,2-5,9-10H2,1H3,(H4,20,21,23). The number of hydrogen-bond acceptors (Lipinski definition) is 3. The summed E-state index contributed by atoms with van der Waals surface area (Å²) in [5, 5.41) is 0. The van der Waals surface area contributed by atoms with Crippen molar-refractivity contribution in [1.82, 2.24) is 14.5 Å². The SMILES string of the molecule is CCN(C(=O)n1cnc(-c2cccc(N=C(N)N)c2)c1)C1CCCCC1. The molecule has 0 spiro atoms. The number of carbonyl (C=O) groups excluding carboxylic acids is 1. The lowest BCUT2D eigenvalue weighted by atomic mass is 9.94. The van der Waals surface area contributed by atoms with Crippen molar-refractivity contribution >= 4 is 17.7 Å². The molecule has 1 aromatic heterocycles. The van der Waals surface area contributed by atoms with Crippen LogP contribution in [0.2, 0.25) is 0 Å². The number of aliphatic imine (C=N–C) groups is 1. The molecule has 3 rings (SSSR count). The number of aromatic nitrogens is 2. The number of nitrogens with two attached hydrogens (primary N) is 2. The highest BCUT2D eigenvalue weighted by Gasteiger charge is 2.25. The first-order chi connectivity index (χ1) is 12.6. The van der Waals surface area contributed by atoms with Crippen LogP contribution in [0.4, 0.5) is 10.5 Å². The topological polar surface area (TPSA) is 103 Å². The Hall–Kier alpha value is -2.83. The lowest BCUT2D eigenvalue weighted by Gasteiger charge is -2.33. The summed E-state index contributed by atoms with van der Waals surface area (Å²) in [6.45, 7) is 2.74. The van der Waals surface area contributed by atoms with Crippen molar-refractivity contribution in [3.05, 3.63) is 36.8 Å². The van der Waals surface area contributed by atoms with Gasteiger partial charge in [-0.05, 0) is 31.9 Å². The van der Waals surface area contributed by atoms with Gasteiger partial charge in [0.2, 0.25) is 0 Å². The number of benzene rings is 1. The molecule has 1 aliphatic rings. The summed E-state index contributed by atoms with van der Waals surface area (Å²) in [4.78, 5) is 23.3. The molecule has 2 aromatic rings. The van der Waals surface area contributed by atoms with Crippen molar-refractivity contribution in [2.24, 2.45) is 16.5 Å². The minimum absolute atomic E-state index is 0.00827. The van der Waals surface area contributed by atoms with Crippen LogP contribution >= 0.6 is 0 Å². The van der Waals surface area contributed by atoms with Crippen molar-refractivity contribution in [2.45, 2.75) is 45.1 Å². The predicted molar refractivity (Wildman–Crippen MR) is 103 cm³/mol. The van der Waals surface area contributed by atoms with Crippen molar-refractivity contribution in [3.63, 3.8) is 0 Å². The van der Waals surface area contributed by atoms with Crippen LogP contribution in [0.3, 0.4) is 0 Å². The minimum Gasteiger partial charge on any atom is -0.370 e. The van der Waals surface area contributed by atoms with Gasteiger partial charge >= 0.3 is 6.03 Å². The molecule has 1 aliphatic carbocycles. The van der Waals surface area contributed by atoms with Crippen LogP contribution in [-0.2, 0) is 0 Å². The Morgan fingerprint density at radius 3 is 2.77 bits per heavy atom. The van der Waals surface area contributed by atoms with E-state index in [-0.39, 0.29) is 12.0 Å². The molecule has 0 radical (unpaired) electrons. The number of hydrogen-bond donors (Lipinski definition) is 2. The molecule has 0 bridgehead atoms. The minimum atomic E-state index is -0.0153. The molecule has 0 aliphatic heterocycles. The predicted octanol–water partition coefficient (Wildman–Crippen LogP) is 3.08. The highest BCUT2D eigenvalue weighted by Crippen LogP contribution is 2.25. The molecule has 1 fully saturated rings. The van der Waals surface area contributed by atoms with E-state index in [2.05, 4.69) is 9.98 Å². The third-order valence-electron chi connectivity index (χ3n) is 4.81. The third-order valence-corrected chi connectivity index (χ3v) is 4.81. The van der Waals surface area contributed by atoms with Gasteiger partial charge in [0, 0.05) is 24.3 Å². The molecule has 0 saturated heterocycles. The van der Waals surface area contributed by atoms with Crippen LogP contribution in [0.25, 0.3) is 11.3 Å². The largest absolute Gasteiger partial charge is 0.370 e. The molecule has 7 nitrogen and oxygen atoms in total. The lowest BCUT2D eigenvalue weighted by molar-refractivity contribution is 0.161. The molecule has 138 valence electrons. The Labute approximate surface area is 153 Å². The van der Waals surface area contributed by atoms with Crippen LogP contribution in [0, 0.1) is 0 Å². The fourth-order valence-corrected chi connectivity index (χ4v) is 3.55. The van der Waals surface area contributed by atoms with Gasteiger partial charge in [-0.3, -0.25) is 4.57 Å². The second-order valence-corrected chi connectivity index (χ2v) is 6.61. The van der Waals surface area contributed by atoms with Gasteiger partial charge in [0.25, 0.3) is 0 Å². The Morgan fingerprint density at radius 2 is 2.08 bits per heavy atom. The van der Waals surface area contributed by atoms with Gasteiger partial charge in [-0.1, -0.05) is 31.4 Å². The second-order valence-electron chi connectivity index (χ2n) is 6.61. The average molecular weight is 354 g/mol. The van der Waals surface area contributed by atoms with Crippen LogP contribution < -0.4 is 11.5 Å². The molecule has 4 N–H and O–H groups in total. The van der Waals surface area contributed by atoms with Crippen LogP contribution in [0.1, 0.15) is 39.0 Å². The van der Waals surface area contributed by atoms with E-state index in [0.29, 0.717) is 24.0 Å². The van der Waals surface area contributed by atoms with E-state index in [1.165, 1.54) is 19.3 Å². The second kappa shape index (κ2) is 8.03. The van der Waals surface area contributed by atoms with Crippen molar-refractivity contribution in [1.29, 1.82) is 0 Å². The fraction of sp³-hybridized carbons (Fsp3) is 0.421. The van der Waals surface area contributed by atoms with E-state index in [1.54, 1.807) is 17.1 Å². The quantitative estimate of drug-likeness (QED) is 0.650. The van der Waals surface area contributed by atoms with Gasteiger partial charge in [-0.15, -0.1) is 0 Å². The number of guanidine groups is 1. The Balaban J connectivity index is 1.80. The van der Waals surface area contributed by atoms with E-state index >= 15 is 0 Å². The molecule has 1 amide bonds.